The van der Waals surface area contributed by atoms with Crippen molar-refractivity contribution in [2.45, 2.75) is 25.3 Å². The van der Waals surface area contributed by atoms with E-state index in [1.165, 1.54) is 19.3 Å². The predicted molar refractivity (Wildman–Crippen MR) is 42.5 cm³/mol. The Morgan fingerprint density at radius 1 is 1.30 bits per heavy atom. The minimum absolute atomic E-state index is 0.488. The summed E-state index contributed by atoms with van der Waals surface area (Å²) in [7, 11) is 0. The lowest BCUT2D eigenvalue weighted by atomic mass is 9.86. The van der Waals surface area contributed by atoms with E-state index in [-0.39, 0.29) is 0 Å². The SMILES string of the molecule is C=CC1CC2CC(N)C1C2. The third-order valence-corrected chi connectivity index (χ3v) is 3.22. The Bertz CT molecular complexity index is 153. The Labute approximate surface area is 62.3 Å². The highest BCUT2D eigenvalue weighted by atomic mass is 14.7. The summed E-state index contributed by atoms with van der Waals surface area (Å²) in [6.45, 7) is 3.84. The first kappa shape index (κ1) is 6.41. The molecule has 2 fully saturated rings. The fourth-order valence-corrected chi connectivity index (χ4v) is 2.73. The Morgan fingerprint density at radius 2 is 2.10 bits per heavy atom. The van der Waals surface area contributed by atoms with Crippen molar-refractivity contribution >= 4 is 0 Å². The van der Waals surface area contributed by atoms with Crippen molar-refractivity contribution in [2.24, 2.45) is 23.5 Å². The van der Waals surface area contributed by atoms with Crippen LogP contribution < -0.4 is 5.73 Å². The second-order valence-electron chi connectivity index (χ2n) is 3.80. The van der Waals surface area contributed by atoms with Crippen molar-refractivity contribution in [1.29, 1.82) is 0 Å². The molecule has 0 amide bonds. The average molecular weight is 137 g/mol. The lowest BCUT2D eigenvalue weighted by Crippen LogP contribution is -2.31. The molecule has 4 atom stereocenters. The van der Waals surface area contributed by atoms with Crippen molar-refractivity contribution in [1.82, 2.24) is 0 Å². The van der Waals surface area contributed by atoms with Gasteiger partial charge in [0.05, 0.1) is 0 Å². The van der Waals surface area contributed by atoms with E-state index in [1.54, 1.807) is 0 Å². The molecule has 0 aromatic heterocycles. The first-order valence-corrected chi connectivity index (χ1v) is 4.19. The van der Waals surface area contributed by atoms with Gasteiger partial charge in [0.25, 0.3) is 0 Å². The normalized spacial score (nSPS) is 51.7. The maximum Gasteiger partial charge on any atom is 0.00755 e. The topological polar surface area (TPSA) is 26.0 Å². The zero-order chi connectivity index (χ0) is 7.14. The zero-order valence-corrected chi connectivity index (χ0v) is 6.29. The van der Waals surface area contributed by atoms with Gasteiger partial charge in [-0.15, -0.1) is 6.58 Å². The first-order valence-electron chi connectivity index (χ1n) is 4.19. The van der Waals surface area contributed by atoms with Gasteiger partial charge in [-0.1, -0.05) is 6.08 Å². The average Bonchev–Trinajstić information content (AvgIpc) is 2.44. The van der Waals surface area contributed by atoms with Gasteiger partial charge in [-0.2, -0.15) is 0 Å². The summed E-state index contributed by atoms with van der Waals surface area (Å²) in [6, 6.07) is 0.488. The Balaban J connectivity index is 2.12. The van der Waals surface area contributed by atoms with E-state index < -0.39 is 0 Å². The second-order valence-corrected chi connectivity index (χ2v) is 3.80. The Morgan fingerprint density at radius 3 is 2.50 bits per heavy atom. The van der Waals surface area contributed by atoms with Crippen LogP contribution >= 0.6 is 0 Å². The van der Waals surface area contributed by atoms with Crippen molar-refractivity contribution in [3.63, 3.8) is 0 Å². The van der Waals surface area contributed by atoms with Crippen LogP contribution in [0.3, 0.4) is 0 Å². The molecule has 1 heteroatoms. The summed E-state index contributed by atoms with van der Waals surface area (Å²) in [5.74, 6) is 2.46. The van der Waals surface area contributed by atoms with Crippen molar-refractivity contribution in [3.8, 4) is 0 Å². The quantitative estimate of drug-likeness (QED) is 0.545. The molecule has 2 rings (SSSR count). The highest BCUT2D eigenvalue weighted by Crippen LogP contribution is 2.47. The van der Waals surface area contributed by atoms with Gasteiger partial charge in [0, 0.05) is 6.04 Å². The molecule has 2 bridgehead atoms. The molecule has 2 aliphatic rings. The molecule has 0 aliphatic heterocycles. The maximum atomic E-state index is 5.94. The maximum absolute atomic E-state index is 5.94. The second kappa shape index (κ2) is 2.09. The van der Waals surface area contributed by atoms with Crippen LogP contribution in [0.5, 0.6) is 0 Å². The third kappa shape index (κ3) is 0.734. The van der Waals surface area contributed by atoms with Gasteiger partial charge in [-0.25, -0.2) is 0 Å². The molecule has 4 unspecified atom stereocenters. The van der Waals surface area contributed by atoms with Crippen LogP contribution in [-0.2, 0) is 0 Å². The molecule has 2 aliphatic carbocycles. The summed E-state index contributed by atoms with van der Waals surface area (Å²) < 4.78 is 0. The molecule has 10 heavy (non-hydrogen) atoms. The van der Waals surface area contributed by atoms with Crippen LogP contribution in [0.25, 0.3) is 0 Å². The van der Waals surface area contributed by atoms with Gasteiger partial charge in [0.15, 0.2) is 0 Å². The van der Waals surface area contributed by atoms with E-state index in [0.29, 0.717) is 6.04 Å². The Hall–Kier alpha value is -0.300. The van der Waals surface area contributed by atoms with Gasteiger partial charge in [0.1, 0.15) is 0 Å². The van der Waals surface area contributed by atoms with E-state index in [4.69, 9.17) is 5.73 Å². The zero-order valence-electron chi connectivity index (χ0n) is 6.29. The molecule has 1 nitrogen and oxygen atoms in total. The first-order chi connectivity index (χ1) is 4.81. The largest absolute Gasteiger partial charge is 0.327 e. The van der Waals surface area contributed by atoms with E-state index in [2.05, 4.69) is 12.7 Å². The van der Waals surface area contributed by atoms with E-state index in [1.807, 2.05) is 0 Å². The van der Waals surface area contributed by atoms with Crippen LogP contribution in [0.2, 0.25) is 0 Å². The van der Waals surface area contributed by atoms with Gasteiger partial charge in [-0.3, -0.25) is 0 Å². The number of fused-ring (bicyclic) bond motifs is 2. The summed E-state index contributed by atoms with van der Waals surface area (Å²) >= 11 is 0. The standard InChI is InChI=1S/C9H15N/c1-2-7-3-6-4-8(7)9(10)5-6/h2,6-9H,1,3-5,10H2. The molecule has 0 heterocycles. The number of allylic oxidation sites excluding steroid dienone is 1. The molecule has 0 saturated heterocycles. The number of hydrogen-bond donors (Lipinski definition) is 1. The summed E-state index contributed by atoms with van der Waals surface area (Å²) in [5.41, 5.74) is 5.94. The minimum Gasteiger partial charge on any atom is -0.327 e. The van der Waals surface area contributed by atoms with Gasteiger partial charge < -0.3 is 5.73 Å². The highest BCUT2D eigenvalue weighted by molar-refractivity contribution is 5.02. The predicted octanol–water partition coefficient (Wildman–Crippen LogP) is 1.55. The highest BCUT2D eigenvalue weighted by Gasteiger charge is 2.42. The van der Waals surface area contributed by atoms with E-state index in [9.17, 15) is 0 Å². The van der Waals surface area contributed by atoms with Gasteiger partial charge in [-0.05, 0) is 37.0 Å². The number of nitrogens with two attached hydrogens (primary N) is 1. The van der Waals surface area contributed by atoms with Crippen molar-refractivity contribution in [3.05, 3.63) is 12.7 Å². The summed E-state index contributed by atoms with van der Waals surface area (Å²) in [5, 5.41) is 0. The van der Waals surface area contributed by atoms with E-state index in [0.717, 1.165) is 17.8 Å². The van der Waals surface area contributed by atoms with Crippen LogP contribution in [0.15, 0.2) is 12.7 Å². The molecule has 2 saturated carbocycles. The molecular weight excluding hydrogens is 122 g/mol. The molecule has 0 radical (unpaired) electrons. The molecule has 0 aromatic rings. The molecular formula is C9H15N. The number of hydrogen-bond acceptors (Lipinski definition) is 1. The molecule has 0 aromatic carbocycles. The molecule has 2 N–H and O–H groups in total. The van der Waals surface area contributed by atoms with Gasteiger partial charge in [0.2, 0.25) is 0 Å². The summed E-state index contributed by atoms with van der Waals surface area (Å²) in [4.78, 5) is 0. The summed E-state index contributed by atoms with van der Waals surface area (Å²) in [6.07, 6.45) is 6.11. The molecule has 0 spiro atoms. The van der Waals surface area contributed by atoms with Crippen LogP contribution in [-0.4, -0.2) is 6.04 Å². The number of rotatable bonds is 1. The van der Waals surface area contributed by atoms with Crippen LogP contribution in [0, 0.1) is 17.8 Å². The lowest BCUT2D eigenvalue weighted by Gasteiger charge is -2.23. The monoisotopic (exact) mass is 137 g/mol. The minimum atomic E-state index is 0.488. The van der Waals surface area contributed by atoms with Crippen molar-refractivity contribution < 1.29 is 0 Å². The molecule has 56 valence electrons. The lowest BCUT2D eigenvalue weighted by molar-refractivity contribution is 0.347. The third-order valence-electron chi connectivity index (χ3n) is 3.22. The van der Waals surface area contributed by atoms with Crippen LogP contribution in [0.4, 0.5) is 0 Å². The fraction of sp³-hybridized carbons (Fsp3) is 0.778. The van der Waals surface area contributed by atoms with Crippen LogP contribution in [0.1, 0.15) is 19.3 Å². The van der Waals surface area contributed by atoms with Crippen molar-refractivity contribution in [2.75, 3.05) is 0 Å². The Kier molecular flexibility index (Phi) is 1.34. The fourth-order valence-electron chi connectivity index (χ4n) is 2.73. The van der Waals surface area contributed by atoms with Gasteiger partial charge >= 0.3 is 0 Å². The van der Waals surface area contributed by atoms with E-state index >= 15 is 0 Å². The smallest absolute Gasteiger partial charge is 0.00755 e.